The second kappa shape index (κ2) is 7.36. The molecule has 160 valence electrons. The standard InChI is InChI=1S/C23H26ClNO4S/c1-22(2,21(26)27)20-15-23(19-6-4-3-5-18(19)20)11-13-25(14-12-23)30(28,29)17-9-7-16(24)8-10-17/h3-10,20H,11-15H2,1-2H3,(H,26,27). The van der Waals surface area contributed by atoms with E-state index in [4.69, 9.17) is 11.6 Å². The number of sulfonamides is 1. The van der Waals surface area contributed by atoms with Crippen molar-refractivity contribution in [1.29, 1.82) is 0 Å². The first-order valence-electron chi connectivity index (χ1n) is 10.2. The van der Waals surface area contributed by atoms with Crippen LogP contribution in [0.5, 0.6) is 0 Å². The molecule has 7 heteroatoms. The highest BCUT2D eigenvalue weighted by Gasteiger charge is 2.52. The molecule has 30 heavy (non-hydrogen) atoms. The summed E-state index contributed by atoms with van der Waals surface area (Å²) in [4.78, 5) is 12.2. The Bertz CT molecular complexity index is 1070. The first-order valence-corrected chi connectivity index (χ1v) is 12.0. The van der Waals surface area contributed by atoms with E-state index in [0.29, 0.717) is 31.0 Å². The molecule has 2 aromatic carbocycles. The second-order valence-corrected chi connectivity index (χ2v) is 11.4. The summed E-state index contributed by atoms with van der Waals surface area (Å²) in [6.45, 7) is 4.41. The highest BCUT2D eigenvalue weighted by Crippen LogP contribution is 2.57. The highest BCUT2D eigenvalue weighted by molar-refractivity contribution is 7.89. The summed E-state index contributed by atoms with van der Waals surface area (Å²) >= 11 is 5.90. The lowest BCUT2D eigenvalue weighted by Crippen LogP contribution is -2.44. The number of halogens is 1. The summed E-state index contributed by atoms with van der Waals surface area (Å²) in [7, 11) is -3.58. The lowest BCUT2D eigenvalue weighted by molar-refractivity contribution is -0.148. The van der Waals surface area contributed by atoms with E-state index < -0.39 is 21.4 Å². The zero-order valence-corrected chi connectivity index (χ0v) is 18.7. The van der Waals surface area contributed by atoms with E-state index in [-0.39, 0.29) is 16.2 Å². The summed E-state index contributed by atoms with van der Waals surface area (Å²) < 4.78 is 27.7. The summed E-state index contributed by atoms with van der Waals surface area (Å²) in [6.07, 6.45) is 2.10. The summed E-state index contributed by atoms with van der Waals surface area (Å²) in [5, 5.41) is 10.3. The van der Waals surface area contributed by atoms with E-state index >= 15 is 0 Å². The predicted octanol–water partition coefficient (Wildman–Crippen LogP) is 4.66. The Kier molecular flexibility index (Phi) is 5.24. The Hall–Kier alpha value is -1.89. The molecule has 2 aliphatic rings. The van der Waals surface area contributed by atoms with Crippen LogP contribution in [0.15, 0.2) is 53.4 Å². The smallest absolute Gasteiger partial charge is 0.309 e. The van der Waals surface area contributed by atoms with Crippen molar-refractivity contribution in [2.75, 3.05) is 13.1 Å². The average molecular weight is 448 g/mol. The molecule has 0 saturated carbocycles. The molecule has 5 nitrogen and oxygen atoms in total. The number of nitrogens with zero attached hydrogens (tertiary/aromatic N) is 1. The molecule has 1 fully saturated rings. The number of piperidine rings is 1. The van der Waals surface area contributed by atoms with E-state index in [1.165, 1.54) is 5.56 Å². The van der Waals surface area contributed by atoms with Gasteiger partial charge in [0, 0.05) is 24.0 Å². The minimum absolute atomic E-state index is 0.0920. The third kappa shape index (κ3) is 3.35. The maximum absolute atomic E-state index is 13.1. The fourth-order valence-electron chi connectivity index (χ4n) is 5.07. The minimum atomic E-state index is -3.58. The van der Waals surface area contributed by atoms with Crippen LogP contribution in [-0.4, -0.2) is 36.9 Å². The maximum atomic E-state index is 13.1. The fraction of sp³-hybridized carbons (Fsp3) is 0.435. The molecule has 1 saturated heterocycles. The van der Waals surface area contributed by atoms with E-state index in [1.807, 2.05) is 18.2 Å². The van der Waals surface area contributed by atoms with Gasteiger partial charge in [0.25, 0.3) is 0 Å². The summed E-state index contributed by atoms with van der Waals surface area (Å²) in [5.74, 6) is -0.896. The molecular weight excluding hydrogens is 422 g/mol. The lowest BCUT2D eigenvalue weighted by atomic mass is 9.70. The van der Waals surface area contributed by atoms with Crippen molar-refractivity contribution in [3.05, 3.63) is 64.7 Å². The molecule has 1 heterocycles. The lowest BCUT2D eigenvalue weighted by Gasteiger charge is -2.40. The molecule has 1 N–H and O–H groups in total. The highest BCUT2D eigenvalue weighted by atomic mass is 35.5. The molecular formula is C23H26ClNO4S. The number of carboxylic acid groups (broad SMARTS) is 1. The van der Waals surface area contributed by atoms with Gasteiger partial charge in [-0.05, 0) is 73.9 Å². The zero-order chi connectivity index (χ0) is 21.7. The van der Waals surface area contributed by atoms with Gasteiger partial charge in [0.2, 0.25) is 10.0 Å². The number of hydrogen-bond acceptors (Lipinski definition) is 3. The van der Waals surface area contributed by atoms with Crippen LogP contribution in [0.2, 0.25) is 5.02 Å². The van der Waals surface area contributed by atoms with Crippen molar-refractivity contribution in [1.82, 2.24) is 4.31 Å². The van der Waals surface area contributed by atoms with E-state index in [9.17, 15) is 18.3 Å². The van der Waals surface area contributed by atoms with Gasteiger partial charge in [0.1, 0.15) is 0 Å². The number of fused-ring (bicyclic) bond motifs is 2. The molecule has 0 aromatic heterocycles. The molecule has 1 atom stereocenters. The third-order valence-electron chi connectivity index (χ3n) is 7.06. The molecule has 2 aromatic rings. The number of aliphatic carboxylic acids is 1. The largest absolute Gasteiger partial charge is 0.481 e. The number of hydrogen-bond donors (Lipinski definition) is 1. The van der Waals surface area contributed by atoms with Gasteiger partial charge >= 0.3 is 5.97 Å². The molecule has 0 radical (unpaired) electrons. The molecule has 1 aliphatic carbocycles. The quantitative estimate of drug-likeness (QED) is 0.739. The van der Waals surface area contributed by atoms with Crippen molar-refractivity contribution < 1.29 is 18.3 Å². The number of rotatable bonds is 4. The van der Waals surface area contributed by atoms with Crippen LogP contribution in [0.4, 0.5) is 0 Å². The van der Waals surface area contributed by atoms with Gasteiger partial charge in [0.05, 0.1) is 10.3 Å². The minimum Gasteiger partial charge on any atom is -0.481 e. The number of carbonyl (C=O) groups is 1. The van der Waals surface area contributed by atoms with Crippen LogP contribution in [0, 0.1) is 5.41 Å². The second-order valence-electron chi connectivity index (χ2n) is 9.01. The molecule has 0 bridgehead atoms. The van der Waals surface area contributed by atoms with Crippen molar-refractivity contribution in [3.8, 4) is 0 Å². The predicted molar refractivity (Wildman–Crippen MR) is 116 cm³/mol. The van der Waals surface area contributed by atoms with Gasteiger partial charge in [-0.25, -0.2) is 8.42 Å². The van der Waals surface area contributed by atoms with Crippen LogP contribution in [0.25, 0.3) is 0 Å². The monoisotopic (exact) mass is 447 g/mol. The van der Waals surface area contributed by atoms with E-state index in [1.54, 1.807) is 42.4 Å². The van der Waals surface area contributed by atoms with Gasteiger partial charge in [-0.2, -0.15) is 4.31 Å². The molecule has 1 spiro atoms. The Labute approximate surface area is 182 Å². The van der Waals surface area contributed by atoms with E-state index in [2.05, 4.69) is 6.07 Å². The van der Waals surface area contributed by atoms with Crippen LogP contribution in [-0.2, 0) is 20.2 Å². The summed E-state index contributed by atoms with van der Waals surface area (Å²) in [5.41, 5.74) is 1.22. The Balaban J connectivity index is 1.61. The normalized spacial score (nSPS) is 21.5. The van der Waals surface area contributed by atoms with Gasteiger partial charge in [0.15, 0.2) is 0 Å². The SMILES string of the molecule is CC(C)(C(=O)O)C1CC2(CCN(S(=O)(=O)c3ccc(Cl)cc3)CC2)c2ccccc21. The van der Waals surface area contributed by atoms with Crippen LogP contribution in [0.1, 0.15) is 50.2 Å². The third-order valence-corrected chi connectivity index (χ3v) is 9.22. The summed E-state index contributed by atoms with van der Waals surface area (Å²) in [6, 6.07) is 14.3. The van der Waals surface area contributed by atoms with E-state index in [0.717, 1.165) is 12.0 Å². The number of benzene rings is 2. The van der Waals surface area contributed by atoms with Crippen LogP contribution in [0.3, 0.4) is 0 Å². The van der Waals surface area contributed by atoms with Crippen molar-refractivity contribution in [3.63, 3.8) is 0 Å². The first-order chi connectivity index (χ1) is 14.1. The number of carboxylic acids is 1. The van der Waals surface area contributed by atoms with Crippen LogP contribution >= 0.6 is 11.6 Å². The van der Waals surface area contributed by atoms with Gasteiger partial charge in [-0.3, -0.25) is 4.79 Å². The Morgan fingerprint density at radius 1 is 1.10 bits per heavy atom. The molecule has 4 rings (SSSR count). The van der Waals surface area contributed by atoms with Gasteiger partial charge in [-0.15, -0.1) is 0 Å². The topological polar surface area (TPSA) is 74.7 Å². The van der Waals surface area contributed by atoms with Crippen molar-refractivity contribution >= 4 is 27.6 Å². The van der Waals surface area contributed by atoms with Crippen molar-refractivity contribution in [2.45, 2.75) is 49.3 Å². The van der Waals surface area contributed by atoms with Crippen molar-refractivity contribution in [2.24, 2.45) is 5.41 Å². The molecule has 0 amide bonds. The Morgan fingerprint density at radius 2 is 1.70 bits per heavy atom. The molecule has 1 unspecified atom stereocenters. The fourth-order valence-corrected chi connectivity index (χ4v) is 6.64. The van der Waals surface area contributed by atoms with Crippen LogP contribution < -0.4 is 0 Å². The first kappa shape index (κ1) is 21.3. The van der Waals surface area contributed by atoms with Gasteiger partial charge < -0.3 is 5.11 Å². The average Bonchev–Trinajstić information content (AvgIpc) is 3.04. The Morgan fingerprint density at radius 3 is 2.30 bits per heavy atom. The molecule has 1 aliphatic heterocycles. The van der Waals surface area contributed by atoms with Gasteiger partial charge in [-0.1, -0.05) is 35.9 Å². The maximum Gasteiger partial charge on any atom is 0.309 e. The zero-order valence-electron chi connectivity index (χ0n) is 17.1.